The average Bonchev–Trinajstić information content (AvgIpc) is 1.83. The van der Waals surface area contributed by atoms with Crippen molar-refractivity contribution in [3.63, 3.8) is 0 Å². The fourth-order valence-corrected chi connectivity index (χ4v) is 0.806. The van der Waals surface area contributed by atoms with E-state index in [0.717, 1.165) is 11.1 Å². The first-order valence-corrected chi connectivity index (χ1v) is 2.97. The topological polar surface area (TPSA) is 20.2 Å². The molecular formula is C8H11LiO. The number of aryl methyl sites for hydroxylation is 2. The third-order valence-corrected chi connectivity index (χ3v) is 1.44. The van der Waals surface area contributed by atoms with Gasteiger partial charge in [-0.05, 0) is 25.0 Å². The summed E-state index contributed by atoms with van der Waals surface area (Å²) in [6.07, 6.45) is 0. The molecule has 0 fully saturated rings. The molecule has 0 bridgehead atoms. The minimum absolute atomic E-state index is 0. The van der Waals surface area contributed by atoms with Crippen molar-refractivity contribution >= 4 is 0 Å². The van der Waals surface area contributed by atoms with Crippen LogP contribution >= 0.6 is 0 Å². The number of hydrogen-bond acceptors (Lipinski definition) is 1. The standard InChI is InChI=1S/C8H10O.Li.H/c1-6-4-3-5-7(2)8(6)9;;/h3-5,9H,1-2H3;;/q;+1;-1. The number of hydrogen-bond donors (Lipinski definition) is 1. The molecular weight excluding hydrogens is 119 g/mol. The van der Waals surface area contributed by atoms with Gasteiger partial charge in [-0.2, -0.15) is 0 Å². The van der Waals surface area contributed by atoms with Gasteiger partial charge >= 0.3 is 18.9 Å². The van der Waals surface area contributed by atoms with Crippen molar-refractivity contribution in [1.29, 1.82) is 0 Å². The number of rotatable bonds is 0. The van der Waals surface area contributed by atoms with Gasteiger partial charge in [0.05, 0.1) is 0 Å². The van der Waals surface area contributed by atoms with Crippen LogP contribution in [-0.4, -0.2) is 5.11 Å². The smallest absolute Gasteiger partial charge is 1.00 e. The maximum atomic E-state index is 9.21. The summed E-state index contributed by atoms with van der Waals surface area (Å²) in [5.41, 5.74) is 1.88. The summed E-state index contributed by atoms with van der Waals surface area (Å²) in [5, 5.41) is 9.21. The van der Waals surface area contributed by atoms with E-state index in [9.17, 15) is 5.11 Å². The van der Waals surface area contributed by atoms with Crippen molar-refractivity contribution in [3.05, 3.63) is 29.3 Å². The molecule has 0 spiro atoms. The van der Waals surface area contributed by atoms with Crippen molar-refractivity contribution < 1.29 is 25.4 Å². The Hall–Kier alpha value is -0.383. The van der Waals surface area contributed by atoms with E-state index in [-0.39, 0.29) is 20.3 Å². The summed E-state index contributed by atoms with van der Waals surface area (Å²) >= 11 is 0. The second kappa shape index (κ2) is 3.70. The maximum absolute atomic E-state index is 9.21. The van der Waals surface area contributed by atoms with Crippen LogP contribution in [0.15, 0.2) is 18.2 Å². The van der Waals surface area contributed by atoms with Crippen LogP contribution in [0.1, 0.15) is 12.6 Å². The summed E-state index contributed by atoms with van der Waals surface area (Å²) in [7, 11) is 0. The van der Waals surface area contributed by atoms with Gasteiger partial charge in [0.1, 0.15) is 5.75 Å². The van der Waals surface area contributed by atoms with Gasteiger partial charge in [0.25, 0.3) is 0 Å². The van der Waals surface area contributed by atoms with Crippen LogP contribution in [0, 0.1) is 13.8 Å². The van der Waals surface area contributed by atoms with E-state index in [1.54, 1.807) is 0 Å². The second-order valence-corrected chi connectivity index (χ2v) is 2.24. The zero-order valence-electron chi connectivity index (χ0n) is 7.68. The predicted molar refractivity (Wildman–Crippen MR) is 38.7 cm³/mol. The van der Waals surface area contributed by atoms with Crippen LogP contribution in [0.3, 0.4) is 0 Å². The molecule has 1 N–H and O–H groups in total. The Bertz CT molecular complexity index is 205. The number of phenolic OH excluding ortho intramolecular Hbond substituents is 1. The van der Waals surface area contributed by atoms with Crippen molar-refractivity contribution in [3.8, 4) is 5.75 Å². The number of benzene rings is 1. The molecule has 0 aliphatic heterocycles. The summed E-state index contributed by atoms with van der Waals surface area (Å²) < 4.78 is 0. The van der Waals surface area contributed by atoms with Crippen LogP contribution in [0.25, 0.3) is 0 Å². The first-order valence-electron chi connectivity index (χ1n) is 2.97. The maximum Gasteiger partial charge on any atom is 1.00 e. The van der Waals surface area contributed by atoms with E-state index in [2.05, 4.69) is 0 Å². The van der Waals surface area contributed by atoms with E-state index >= 15 is 0 Å². The molecule has 1 aromatic carbocycles. The Balaban J connectivity index is 0. The van der Waals surface area contributed by atoms with Crippen LogP contribution < -0.4 is 18.9 Å². The van der Waals surface area contributed by atoms with E-state index in [4.69, 9.17) is 0 Å². The van der Waals surface area contributed by atoms with Crippen molar-refractivity contribution in [1.82, 2.24) is 0 Å². The molecule has 0 heterocycles. The molecule has 1 rings (SSSR count). The Kier molecular flexibility index (Phi) is 3.56. The third kappa shape index (κ3) is 1.80. The van der Waals surface area contributed by atoms with E-state index in [0.29, 0.717) is 5.75 Å². The van der Waals surface area contributed by atoms with Crippen molar-refractivity contribution in [2.75, 3.05) is 0 Å². The van der Waals surface area contributed by atoms with Gasteiger partial charge in [-0.15, -0.1) is 0 Å². The Morgan fingerprint density at radius 2 is 1.60 bits per heavy atom. The molecule has 0 aliphatic carbocycles. The third-order valence-electron chi connectivity index (χ3n) is 1.44. The first-order chi connectivity index (χ1) is 4.22. The molecule has 2 heteroatoms. The predicted octanol–water partition coefficient (Wildman–Crippen LogP) is -0.874. The summed E-state index contributed by atoms with van der Waals surface area (Å²) in [6, 6.07) is 5.72. The SMILES string of the molecule is Cc1cccc(C)c1O.[H-].[Li+]. The fraction of sp³-hybridized carbons (Fsp3) is 0.250. The summed E-state index contributed by atoms with van der Waals surface area (Å²) in [5.74, 6) is 0.414. The molecule has 0 unspecified atom stereocenters. The van der Waals surface area contributed by atoms with E-state index in [1.165, 1.54) is 0 Å². The van der Waals surface area contributed by atoms with Gasteiger partial charge in [0, 0.05) is 0 Å². The summed E-state index contributed by atoms with van der Waals surface area (Å²) in [6.45, 7) is 3.78. The van der Waals surface area contributed by atoms with Gasteiger partial charge in [-0.1, -0.05) is 18.2 Å². The molecule has 0 aliphatic rings. The molecule has 0 atom stereocenters. The molecule has 0 radical (unpaired) electrons. The molecule has 0 amide bonds. The van der Waals surface area contributed by atoms with Gasteiger partial charge in [0.2, 0.25) is 0 Å². The van der Waals surface area contributed by atoms with Crippen molar-refractivity contribution in [2.24, 2.45) is 0 Å². The first kappa shape index (κ1) is 9.62. The molecule has 1 nitrogen and oxygen atoms in total. The molecule has 10 heavy (non-hydrogen) atoms. The second-order valence-electron chi connectivity index (χ2n) is 2.24. The van der Waals surface area contributed by atoms with E-state index < -0.39 is 0 Å². The van der Waals surface area contributed by atoms with Gasteiger partial charge in [0.15, 0.2) is 0 Å². The van der Waals surface area contributed by atoms with Crippen LogP contribution in [0.5, 0.6) is 5.75 Å². The van der Waals surface area contributed by atoms with E-state index in [1.807, 2.05) is 32.0 Å². The largest absolute Gasteiger partial charge is 1.00 e. The summed E-state index contributed by atoms with van der Waals surface area (Å²) in [4.78, 5) is 0. The van der Waals surface area contributed by atoms with Gasteiger partial charge in [-0.25, -0.2) is 0 Å². The van der Waals surface area contributed by atoms with Gasteiger partial charge in [-0.3, -0.25) is 0 Å². The average molecular weight is 130 g/mol. The van der Waals surface area contributed by atoms with Gasteiger partial charge < -0.3 is 6.53 Å². The fourth-order valence-electron chi connectivity index (χ4n) is 0.806. The molecule has 1 aromatic rings. The zero-order valence-corrected chi connectivity index (χ0v) is 6.68. The minimum Gasteiger partial charge on any atom is -1.00 e. The quantitative estimate of drug-likeness (QED) is 0.452. The zero-order chi connectivity index (χ0) is 6.85. The number of phenols is 1. The normalized spacial score (nSPS) is 8.60. The van der Waals surface area contributed by atoms with Crippen LogP contribution in [0.2, 0.25) is 0 Å². The van der Waals surface area contributed by atoms with Crippen LogP contribution in [0.4, 0.5) is 0 Å². The molecule has 0 saturated heterocycles. The molecule has 0 aromatic heterocycles. The minimum atomic E-state index is 0. The Morgan fingerprint density at radius 1 is 1.20 bits per heavy atom. The molecule has 0 saturated carbocycles. The number of aromatic hydroxyl groups is 1. The Morgan fingerprint density at radius 3 is 1.90 bits per heavy atom. The number of para-hydroxylation sites is 1. The van der Waals surface area contributed by atoms with Crippen molar-refractivity contribution in [2.45, 2.75) is 13.8 Å². The monoisotopic (exact) mass is 130 g/mol. The van der Waals surface area contributed by atoms with Crippen LogP contribution in [-0.2, 0) is 0 Å². The Labute approximate surface area is 74.7 Å². The molecule has 50 valence electrons.